The number of likely N-dealkylation sites (tertiary alicyclic amines) is 1. The van der Waals surface area contributed by atoms with Gasteiger partial charge in [0, 0.05) is 44.1 Å². The number of methoxy groups -OCH3 is 1. The Balaban J connectivity index is 1.56. The smallest absolute Gasteiger partial charge is 0.213 e. The lowest BCUT2D eigenvalue weighted by Crippen LogP contribution is -2.32. The van der Waals surface area contributed by atoms with Crippen LogP contribution in [0.4, 0.5) is 4.39 Å². The minimum absolute atomic E-state index is 0.113. The second kappa shape index (κ2) is 8.38. The fourth-order valence-electron chi connectivity index (χ4n) is 3.08. The van der Waals surface area contributed by atoms with Crippen LogP contribution in [0.25, 0.3) is 0 Å². The lowest BCUT2D eigenvalue weighted by Gasteiger charge is -2.22. The number of aliphatic hydroxyl groups excluding tert-OH is 1. The zero-order chi connectivity index (χ0) is 17.6. The number of ether oxygens (including phenoxy) is 2. The number of halogens is 1. The third-order valence-electron chi connectivity index (χ3n) is 4.55. The molecule has 0 bridgehead atoms. The highest BCUT2D eigenvalue weighted by Crippen LogP contribution is 2.22. The molecule has 1 aliphatic rings. The SMILES string of the molecule is CO[C@@H]1C[C@@H](CO)N(Cc2ccc(OCc3ccccc3F)nc2)C1. The number of rotatable bonds is 7. The largest absolute Gasteiger partial charge is 0.473 e. The summed E-state index contributed by atoms with van der Waals surface area (Å²) < 4.78 is 24.5. The Hall–Kier alpha value is -2.02. The summed E-state index contributed by atoms with van der Waals surface area (Å²) in [5.74, 6) is 0.179. The van der Waals surface area contributed by atoms with Gasteiger partial charge in [0.2, 0.25) is 5.88 Å². The molecule has 1 saturated heterocycles. The number of hydrogen-bond donors (Lipinski definition) is 1. The van der Waals surface area contributed by atoms with Gasteiger partial charge < -0.3 is 14.6 Å². The monoisotopic (exact) mass is 346 g/mol. The van der Waals surface area contributed by atoms with E-state index in [2.05, 4.69) is 9.88 Å². The summed E-state index contributed by atoms with van der Waals surface area (Å²) in [7, 11) is 1.70. The van der Waals surface area contributed by atoms with Crippen molar-refractivity contribution in [1.82, 2.24) is 9.88 Å². The molecule has 0 aliphatic carbocycles. The molecule has 1 N–H and O–H groups in total. The number of pyridine rings is 1. The molecule has 1 fully saturated rings. The van der Waals surface area contributed by atoms with E-state index in [0.717, 1.165) is 18.5 Å². The molecule has 0 amide bonds. The molecule has 1 aliphatic heterocycles. The number of nitrogens with zero attached hydrogens (tertiary/aromatic N) is 2. The molecule has 2 atom stereocenters. The first-order valence-electron chi connectivity index (χ1n) is 8.38. The minimum Gasteiger partial charge on any atom is -0.473 e. The van der Waals surface area contributed by atoms with Crippen molar-refractivity contribution < 1.29 is 19.0 Å². The molecule has 2 heterocycles. The summed E-state index contributed by atoms with van der Waals surface area (Å²) in [6.07, 6.45) is 2.75. The molecule has 0 radical (unpaired) electrons. The third kappa shape index (κ3) is 4.54. The van der Waals surface area contributed by atoms with Crippen LogP contribution in [-0.2, 0) is 17.9 Å². The summed E-state index contributed by atoms with van der Waals surface area (Å²) in [4.78, 5) is 6.49. The standard InChI is InChI=1S/C19H23FN2O3/c1-24-17-8-16(12-23)22(11-17)10-14-6-7-19(21-9-14)25-13-15-4-2-3-5-18(15)20/h2-7,9,16-17,23H,8,10-13H2,1H3/t16-,17+/m0/s1. The van der Waals surface area contributed by atoms with Gasteiger partial charge in [0.1, 0.15) is 12.4 Å². The first kappa shape index (κ1) is 17.8. The van der Waals surface area contributed by atoms with Crippen molar-refractivity contribution in [1.29, 1.82) is 0 Å². The van der Waals surface area contributed by atoms with Crippen LogP contribution in [0.5, 0.6) is 5.88 Å². The van der Waals surface area contributed by atoms with E-state index in [1.165, 1.54) is 6.07 Å². The molecule has 6 heteroatoms. The lowest BCUT2D eigenvalue weighted by molar-refractivity contribution is 0.107. The van der Waals surface area contributed by atoms with Gasteiger partial charge in [-0.1, -0.05) is 24.3 Å². The molecule has 5 nitrogen and oxygen atoms in total. The first-order valence-corrected chi connectivity index (χ1v) is 8.38. The number of hydrogen-bond acceptors (Lipinski definition) is 5. The molecule has 0 spiro atoms. The van der Waals surface area contributed by atoms with E-state index < -0.39 is 0 Å². The molecular weight excluding hydrogens is 323 g/mol. The first-order chi connectivity index (χ1) is 12.2. The third-order valence-corrected chi connectivity index (χ3v) is 4.55. The van der Waals surface area contributed by atoms with Crippen LogP contribution in [0.15, 0.2) is 42.6 Å². The predicted octanol–water partition coefficient (Wildman–Crippen LogP) is 2.38. The highest BCUT2D eigenvalue weighted by atomic mass is 19.1. The van der Waals surface area contributed by atoms with Gasteiger partial charge >= 0.3 is 0 Å². The number of aliphatic hydroxyl groups is 1. The van der Waals surface area contributed by atoms with Crippen molar-refractivity contribution >= 4 is 0 Å². The second-order valence-electron chi connectivity index (χ2n) is 6.24. The maximum Gasteiger partial charge on any atom is 0.213 e. The van der Waals surface area contributed by atoms with Crippen LogP contribution in [0.3, 0.4) is 0 Å². The van der Waals surface area contributed by atoms with Crippen molar-refractivity contribution in [2.45, 2.75) is 31.7 Å². The molecule has 2 aromatic rings. The highest BCUT2D eigenvalue weighted by Gasteiger charge is 2.31. The fourth-order valence-corrected chi connectivity index (χ4v) is 3.08. The van der Waals surface area contributed by atoms with Crippen LogP contribution < -0.4 is 4.74 Å². The van der Waals surface area contributed by atoms with Crippen LogP contribution >= 0.6 is 0 Å². The average molecular weight is 346 g/mol. The van der Waals surface area contributed by atoms with Gasteiger partial charge in [-0.25, -0.2) is 9.37 Å². The quantitative estimate of drug-likeness (QED) is 0.834. The van der Waals surface area contributed by atoms with Gasteiger partial charge in [-0.2, -0.15) is 0 Å². The Morgan fingerprint density at radius 2 is 2.12 bits per heavy atom. The van der Waals surface area contributed by atoms with Gasteiger partial charge in [0.05, 0.1) is 12.7 Å². The molecule has 25 heavy (non-hydrogen) atoms. The summed E-state index contributed by atoms with van der Waals surface area (Å²) >= 11 is 0. The van der Waals surface area contributed by atoms with Gasteiger partial charge in [-0.15, -0.1) is 0 Å². The molecule has 134 valence electrons. The van der Waals surface area contributed by atoms with Crippen molar-refractivity contribution in [2.24, 2.45) is 0 Å². The van der Waals surface area contributed by atoms with Gasteiger partial charge in [-0.05, 0) is 18.1 Å². The predicted molar refractivity (Wildman–Crippen MR) is 91.7 cm³/mol. The summed E-state index contributed by atoms with van der Waals surface area (Å²) in [5, 5.41) is 9.51. The Kier molecular flexibility index (Phi) is 5.96. The minimum atomic E-state index is -0.282. The Bertz CT molecular complexity index is 681. The highest BCUT2D eigenvalue weighted by molar-refractivity contribution is 5.20. The molecular formula is C19H23FN2O3. The normalized spacial score (nSPS) is 20.8. The summed E-state index contributed by atoms with van der Waals surface area (Å²) in [6, 6.07) is 10.4. The van der Waals surface area contributed by atoms with E-state index in [9.17, 15) is 9.50 Å². The van der Waals surface area contributed by atoms with Crippen LogP contribution in [0.1, 0.15) is 17.5 Å². The fraction of sp³-hybridized carbons (Fsp3) is 0.421. The molecule has 3 rings (SSSR count). The Morgan fingerprint density at radius 1 is 1.28 bits per heavy atom. The Morgan fingerprint density at radius 3 is 2.80 bits per heavy atom. The van der Waals surface area contributed by atoms with E-state index in [-0.39, 0.29) is 31.2 Å². The Labute approximate surface area is 147 Å². The molecule has 1 aromatic carbocycles. The molecule has 1 aromatic heterocycles. The van der Waals surface area contributed by atoms with Crippen molar-refractivity contribution in [2.75, 3.05) is 20.3 Å². The van der Waals surface area contributed by atoms with Gasteiger partial charge in [-0.3, -0.25) is 4.90 Å². The average Bonchev–Trinajstić information content (AvgIpc) is 3.04. The molecule has 0 unspecified atom stereocenters. The van der Waals surface area contributed by atoms with Gasteiger partial charge in [0.15, 0.2) is 0 Å². The van der Waals surface area contributed by atoms with Gasteiger partial charge in [0.25, 0.3) is 0 Å². The van der Waals surface area contributed by atoms with E-state index >= 15 is 0 Å². The maximum atomic E-state index is 13.6. The van der Waals surface area contributed by atoms with Crippen molar-refractivity contribution in [3.8, 4) is 5.88 Å². The number of aromatic nitrogens is 1. The van der Waals surface area contributed by atoms with E-state index in [0.29, 0.717) is 18.0 Å². The van der Waals surface area contributed by atoms with Crippen LogP contribution in [-0.4, -0.2) is 47.4 Å². The summed E-state index contributed by atoms with van der Waals surface area (Å²) in [5.41, 5.74) is 1.54. The zero-order valence-electron chi connectivity index (χ0n) is 14.3. The van der Waals surface area contributed by atoms with E-state index in [4.69, 9.17) is 9.47 Å². The van der Waals surface area contributed by atoms with E-state index in [1.54, 1.807) is 37.6 Å². The summed E-state index contributed by atoms with van der Waals surface area (Å²) in [6.45, 7) is 1.77. The van der Waals surface area contributed by atoms with Crippen LogP contribution in [0, 0.1) is 5.82 Å². The lowest BCUT2D eigenvalue weighted by atomic mass is 10.2. The van der Waals surface area contributed by atoms with Crippen LogP contribution in [0.2, 0.25) is 0 Å². The zero-order valence-corrected chi connectivity index (χ0v) is 14.3. The van der Waals surface area contributed by atoms with E-state index in [1.807, 2.05) is 6.07 Å². The van der Waals surface area contributed by atoms with Crippen molar-refractivity contribution in [3.05, 3.63) is 59.5 Å². The second-order valence-corrected chi connectivity index (χ2v) is 6.24. The maximum absolute atomic E-state index is 13.6. The van der Waals surface area contributed by atoms with Crippen molar-refractivity contribution in [3.63, 3.8) is 0 Å². The topological polar surface area (TPSA) is 54.8 Å². The number of benzene rings is 1. The molecule has 0 saturated carbocycles.